The molecule has 0 unspecified atom stereocenters. The summed E-state index contributed by atoms with van der Waals surface area (Å²) in [5.41, 5.74) is 1.56. The third kappa shape index (κ3) is 6.50. The molecular weight excluding hydrogens is 276 g/mol. The van der Waals surface area contributed by atoms with Crippen molar-refractivity contribution in [2.75, 3.05) is 13.7 Å². The van der Waals surface area contributed by atoms with Gasteiger partial charge in [-0.1, -0.05) is 51.9 Å². The molecule has 0 aliphatic carbocycles. The number of aryl methyl sites for hydroxylation is 1. The summed E-state index contributed by atoms with van der Waals surface area (Å²) in [5, 5.41) is 0. The molecule has 22 heavy (non-hydrogen) atoms. The van der Waals surface area contributed by atoms with E-state index in [0.29, 0.717) is 17.9 Å². The number of methoxy groups -OCH3 is 1. The van der Waals surface area contributed by atoms with E-state index in [2.05, 4.69) is 6.92 Å². The van der Waals surface area contributed by atoms with Crippen LogP contribution in [0, 0.1) is 6.92 Å². The third-order valence-corrected chi connectivity index (χ3v) is 3.86. The number of ether oxygens (including phenoxy) is 2. The van der Waals surface area contributed by atoms with E-state index in [9.17, 15) is 4.79 Å². The van der Waals surface area contributed by atoms with Gasteiger partial charge in [0.05, 0.1) is 13.7 Å². The van der Waals surface area contributed by atoms with Crippen molar-refractivity contribution >= 4 is 6.29 Å². The van der Waals surface area contributed by atoms with Gasteiger partial charge in [-0.25, -0.2) is 0 Å². The number of rotatable bonds is 12. The summed E-state index contributed by atoms with van der Waals surface area (Å²) < 4.78 is 11.2. The van der Waals surface area contributed by atoms with E-state index in [1.165, 1.54) is 44.9 Å². The molecule has 1 rings (SSSR count). The van der Waals surface area contributed by atoms with Crippen LogP contribution in [0.5, 0.6) is 11.5 Å². The van der Waals surface area contributed by atoms with Gasteiger partial charge in [0.1, 0.15) is 6.29 Å². The number of carbonyl (C=O) groups is 1. The molecule has 0 bridgehead atoms. The quantitative estimate of drug-likeness (QED) is 0.386. The first-order valence-corrected chi connectivity index (χ1v) is 8.49. The summed E-state index contributed by atoms with van der Waals surface area (Å²) >= 11 is 0. The van der Waals surface area contributed by atoms with E-state index >= 15 is 0 Å². The molecule has 124 valence electrons. The highest BCUT2D eigenvalue weighted by Gasteiger charge is 2.10. The van der Waals surface area contributed by atoms with E-state index in [1.807, 2.05) is 13.0 Å². The smallest absolute Gasteiger partial charge is 0.164 e. The van der Waals surface area contributed by atoms with Crippen LogP contribution in [0.15, 0.2) is 12.1 Å². The zero-order valence-electron chi connectivity index (χ0n) is 14.3. The molecule has 3 nitrogen and oxygen atoms in total. The van der Waals surface area contributed by atoms with Gasteiger partial charge in [0, 0.05) is 5.56 Å². The Bertz CT molecular complexity index is 441. The van der Waals surface area contributed by atoms with Crippen molar-refractivity contribution in [2.45, 2.75) is 65.2 Å². The molecule has 0 aliphatic heterocycles. The summed E-state index contributed by atoms with van der Waals surface area (Å²) in [6, 6.07) is 3.56. The van der Waals surface area contributed by atoms with Gasteiger partial charge in [0.25, 0.3) is 0 Å². The Morgan fingerprint density at radius 2 is 1.64 bits per heavy atom. The zero-order valence-corrected chi connectivity index (χ0v) is 14.3. The van der Waals surface area contributed by atoms with Crippen LogP contribution in [0.1, 0.15) is 74.2 Å². The number of benzene rings is 1. The molecule has 0 aromatic heterocycles. The fraction of sp³-hybridized carbons (Fsp3) is 0.632. The minimum absolute atomic E-state index is 0.619. The standard InChI is InChI=1S/C19H30O3/c1-4-5-6-7-8-9-10-11-12-22-19-16(2)13-17(15-20)14-18(19)21-3/h13-15H,4-12H2,1-3H3. The number of hydrogen-bond acceptors (Lipinski definition) is 3. The van der Waals surface area contributed by atoms with Crippen molar-refractivity contribution < 1.29 is 14.3 Å². The highest BCUT2D eigenvalue weighted by atomic mass is 16.5. The molecule has 1 aromatic rings. The van der Waals surface area contributed by atoms with Gasteiger partial charge in [0.2, 0.25) is 0 Å². The predicted octanol–water partition coefficient (Wildman–Crippen LogP) is 5.34. The van der Waals surface area contributed by atoms with Crippen LogP contribution in [0.3, 0.4) is 0 Å². The molecule has 3 heteroatoms. The Labute approximate surface area is 135 Å². The summed E-state index contributed by atoms with van der Waals surface area (Å²) in [7, 11) is 1.60. The lowest BCUT2D eigenvalue weighted by molar-refractivity contribution is 0.112. The zero-order chi connectivity index (χ0) is 16.2. The Morgan fingerprint density at radius 3 is 2.23 bits per heavy atom. The molecule has 0 N–H and O–H groups in total. The maximum Gasteiger partial charge on any atom is 0.164 e. The van der Waals surface area contributed by atoms with Crippen LogP contribution in [-0.2, 0) is 0 Å². The number of carbonyl (C=O) groups excluding carboxylic acids is 1. The summed E-state index contributed by atoms with van der Waals surface area (Å²) in [4.78, 5) is 10.9. The second-order valence-corrected chi connectivity index (χ2v) is 5.81. The van der Waals surface area contributed by atoms with E-state index in [-0.39, 0.29) is 0 Å². The monoisotopic (exact) mass is 306 g/mol. The lowest BCUT2D eigenvalue weighted by Gasteiger charge is -2.14. The second-order valence-electron chi connectivity index (χ2n) is 5.81. The molecule has 0 saturated carbocycles. The minimum atomic E-state index is 0.619. The van der Waals surface area contributed by atoms with Gasteiger partial charge in [-0.2, -0.15) is 0 Å². The summed E-state index contributed by atoms with van der Waals surface area (Å²) in [6.07, 6.45) is 11.1. The Hall–Kier alpha value is -1.51. The van der Waals surface area contributed by atoms with Crippen molar-refractivity contribution in [2.24, 2.45) is 0 Å². The molecule has 0 saturated heterocycles. The highest BCUT2D eigenvalue weighted by molar-refractivity contribution is 5.77. The van der Waals surface area contributed by atoms with Gasteiger partial charge < -0.3 is 9.47 Å². The minimum Gasteiger partial charge on any atom is -0.493 e. The van der Waals surface area contributed by atoms with Crippen molar-refractivity contribution in [3.8, 4) is 11.5 Å². The Morgan fingerprint density at radius 1 is 1.00 bits per heavy atom. The summed E-state index contributed by atoms with van der Waals surface area (Å²) in [6.45, 7) is 4.89. The molecule has 0 heterocycles. The molecular formula is C19H30O3. The Kier molecular flexibility index (Phi) is 9.36. The molecule has 0 fully saturated rings. The van der Waals surface area contributed by atoms with Gasteiger partial charge in [-0.15, -0.1) is 0 Å². The van der Waals surface area contributed by atoms with E-state index in [1.54, 1.807) is 13.2 Å². The number of hydrogen-bond donors (Lipinski definition) is 0. The van der Waals surface area contributed by atoms with Crippen LogP contribution >= 0.6 is 0 Å². The van der Waals surface area contributed by atoms with Gasteiger partial charge in [0.15, 0.2) is 11.5 Å². The van der Waals surface area contributed by atoms with Crippen LogP contribution in [0.2, 0.25) is 0 Å². The SMILES string of the molecule is CCCCCCCCCCOc1c(C)cc(C=O)cc1OC. The lowest BCUT2D eigenvalue weighted by Crippen LogP contribution is -2.02. The van der Waals surface area contributed by atoms with Gasteiger partial charge >= 0.3 is 0 Å². The third-order valence-electron chi connectivity index (χ3n) is 3.86. The normalized spacial score (nSPS) is 10.5. The fourth-order valence-electron chi connectivity index (χ4n) is 2.58. The summed E-state index contributed by atoms with van der Waals surface area (Å²) in [5.74, 6) is 1.40. The molecule has 0 spiro atoms. The van der Waals surface area contributed by atoms with Crippen LogP contribution < -0.4 is 9.47 Å². The van der Waals surface area contributed by atoms with Gasteiger partial charge in [-0.3, -0.25) is 4.79 Å². The maximum atomic E-state index is 10.9. The van der Waals surface area contributed by atoms with Crippen molar-refractivity contribution in [1.82, 2.24) is 0 Å². The number of aldehydes is 1. The molecule has 0 aliphatic rings. The predicted molar refractivity (Wildman–Crippen MR) is 91.2 cm³/mol. The number of unbranched alkanes of at least 4 members (excludes halogenated alkanes) is 7. The van der Waals surface area contributed by atoms with E-state index in [0.717, 1.165) is 24.0 Å². The first-order chi connectivity index (χ1) is 10.7. The van der Waals surface area contributed by atoms with Crippen LogP contribution in [0.4, 0.5) is 0 Å². The highest BCUT2D eigenvalue weighted by Crippen LogP contribution is 2.32. The van der Waals surface area contributed by atoms with Crippen molar-refractivity contribution in [3.05, 3.63) is 23.3 Å². The largest absolute Gasteiger partial charge is 0.493 e. The molecule has 1 aromatic carbocycles. The fourth-order valence-corrected chi connectivity index (χ4v) is 2.58. The first kappa shape index (κ1) is 18.5. The van der Waals surface area contributed by atoms with Crippen molar-refractivity contribution in [3.63, 3.8) is 0 Å². The van der Waals surface area contributed by atoms with Gasteiger partial charge in [-0.05, 0) is 31.0 Å². The lowest BCUT2D eigenvalue weighted by atomic mass is 10.1. The second kappa shape index (κ2) is 11.1. The topological polar surface area (TPSA) is 35.5 Å². The average Bonchev–Trinajstić information content (AvgIpc) is 2.53. The maximum absolute atomic E-state index is 10.9. The average molecular weight is 306 g/mol. The first-order valence-electron chi connectivity index (χ1n) is 8.49. The van der Waals surface area contributed by atoms with Crippen LogP contribution in [-0.4, -0.2) is 20.0 Å². The Balaban J connectivity index is 2.29. The van der Waals surface area contributed by atoms with E-state index in [4.69, 9.17) is 9.47 Å². The van der Waals surface area contributed by atoms with Crippen LogP contribution in [0.25, 0.3) is 0 Å². The molecule has 0 amide bonds. The van der Waals surface area contributed by atoms with E-state index < -0.39 is 0 Å². The molecule has 0 radical (unpaired) electrons. The molecule has 0 atom stereocenters. The van der Waals surface area contributed by atoms with Crippen molar-refractivity contribution in [1.29, 1.82) is 0 Å².